The van der Waals surface area contributed by atoms with Crippen LogP contribution in [0, 0.1) is 0 Å². The van der Waals surface area contributed by atoms with Gasteiger partial charge in [-0.25, -0.2) is 5.48 Å². The number of aromatic nitrogens is 2. The fraction of sp³-hybridized carbons (Fsp3) is 0.0625. The lowest BCUT2D eigenvalue weighted by atomic mass is 10.1. The minimum absolute atomic E-state index is 0.0485. The van der Waals surface area contributed by atoms with E-state index in [0.717, 1.165) is 11.1 Å². The van der Waals surface area contributed by atoms with E-state index < -0.39 is 5.91 Å². The number of hydroxylamine groups is 1. The van der Waals surface area contributed by atoms with Crippen LogP contribution in [-0.2, 0) is 6.61 Å². The molecule has 0 unspecified atom stereocenters. The summed E-state index contributed by atoms with van der Waals surface area (Å²) in [6.45, 7) is 0.0485. The number of ether oxygens (including phenoxy) is 1. The number of benzene rings is 2. The summed E-state index contributed by atoms with van der Waals surface area (Å²) in [6, 6.07) is 17.6. The molecule has 23 heavy (non-hydrogen) atoms. The van der Waals surface area contributed by atoms with Gasteiger partial charge in [0, 0.05) is 0 Å². The Morgan fingerprint density at radius 1 is 1.09 bits per heavy atom. The second kappa shape index (κ2) is 6.71. The molecule has 1 heterocycles. The Labute approximate surface area is 131 Å². The number of nitrogens with one attached hydrogen (secondary N) is 1. The number of amides is 1. The normalized spacial score (nSPS) is 10.3. The van der Waals surface area contributed by atoms with Crippen molar-refractivity contribution >= 4 is 5.91 Å². The highest BCUT2D eigenvalue weighted by molar-refractivity contribution is 5.88. The predicted octanol–water partition coefficient (Wildman–Crippen LogP) is 2.43. The lowest BCUT2D eigenvalue weighted by Gasteiger charge is -2.05. The topological polar surface area (TPSA) is 97.5 Å². The van der Waals surface area contributed by atoms with Crippen molar-refractivity contribution in [2.24, 2.45) is 0 Å². The molecule has 2 N–H and O–H groups in total. The minimum Gasteiger partial charge on any atom is -0.485 e. The van der Waals surface area contributed by atoms with Crippen LogP contribution < -0.4 is 10.2 Å². The molecule has 3 rings (SSSR count). The third-order valence-electron chi connectivity index (χ3n) is 3.09. The molecule has 0 aliphatic carbocycles. The number of rotatable bonds is 5. The minimum atomic E-state index is -0.865. The van der Waals surface area contributed by atoms with Crippen molar-refractivity contribution in [2.45, 2.75) is 6.61 Å². The number of carbonyl (C=O) groups excluding carboxylic acids is 1. The molecule has 0 atom stereocenters. The van der Waals surface area contributed by atoms with E-state index in [1.807, 2.05) is 54.6 Å². The van der Waals surface area contributed by atoms with Gasteiger partial charge in [-0.2, -0.15) is 4.98 Å². The number of hydrogen-bond acceptors (Lipinski definition) is 6. The van der Waals surface area contributed by atoms with E-state index in [1.165, 1.54) is 5.48 Å². The van der Waals surface area contributed by atoms with Gasteiger partial charge in [0.2, 0.25) is 5.82 Å². The van der Waals surface area contributed by atoms with Crippen LogP contribution >= 0.6 is 0 Å². The van der Waals surface area contributed by atoms with Gasteiger partial charge in [-0.1, -0.05) is 47.6 Å². The molecule has 0 saturated carbocycles. The van der Waals surface area contributed by atoms with Crippen LogP contribution in [0.1, 0.15) is 16.5 Å². The Bertz CT molecular complexity index is 785. The van der Waals surface area contributed by atoms with Crippen LogP contribution in [0.5, 0.6) is 5.75 Å². The van der Waals surface area contributed by atoms with Crippen molar-refractivity contribution in [3.63, 3.8) is 0 Å². The maximum atomic E-state index is 11.1. The van der Waals surface area contributed by atoms with Gasteiger partial charge in [0.15, 0.2) is 6.61 Å². The van der Waals surface area contributed by atoms with Crippen LogP contribution in [0.4, 0.5) is 0 Å². The van der Waals surface area contributed by atoms with E-state index >= 15 is 0 Å². The van der Waals surface area contributed by atoms with Crippen molar-refractivity contribution in [1.82, 2.24) is 15.6 Å². The van der Waals surface area contributed by atoms with Crippen LogP contribution in [0.15, 0.2) is 59.1 Å². The zero-order valence-corrected chi connectivity index (χ0v) is 12.0. The molecule has 0 bridgehead atoms. The molecule has 0 aliphatic heterocycles. The molecule has 7 heteroatoms. The van der Waals surface area contributed by atoms with Crippen LogP contribution in [0.2, 0.25) is 0 Å². The van der Waals surface area contributed by atoms with E-state index in [2.05, 4.69) is 14.7 Å². The van der Waals surface area contributed by atoms with Gasteiger partial charge >= 0.3 is 11.8 Å². The standard InChI is InChI=1S/C16H13N3O4/c20-15(18-21)16-17-14(19-23-16)10-22-13-8-6-12(7-9-13)11-4-2-1-3-5-11/h1-9,21H,10H2,(H,18,20). The van der Waals surface area contributed by atoms with E-state index in [1.54, 1.807) is 0 Å². The Kier molecular flexibility index (Phi) is 4.30. The fourth-order valence-corrected chi connectivity index (χ4v) is 1.97. The monoisotopic (exact) mass is 311 g/mol. The fourth-order valence-electron chi connectivity index (χ4n) is 1.97. The molecule has 1 amide bonds. The van der Waals surface area contributed by atoms with Crippen molar-refractivity contribution in [2.75, 3.05) is 0 Å². The summed E-state index contributed by atoms with van der Waals surface area (Å²) in [6.07, 6.45) is 0. The van der Waals surface area contributed by atoms with Crippen LogP contribution in [-0.4, -0.2) is 21.3 Å². The molecule has 1 aromatic heterocycles. The second-order valence-electron chi connectivity index (χ2n) is 4.64. The van der Waals surface area contributed by atoms with Gasteiger partial charge in [0.25, 0.3) is 0 Å². The smallest absolute Gasteiger partial charge is 0.333 e. The van der Waals surface area contributed by atoms with E-state index in [0.29, 0.717) is 5.75 Å². The lowest BCUT2D eigenvalue weighted by molar-refractivity contribution is 0.0659. The Morgan fingerprint density at radius 3 is 2.48 bits per heavy atom. The van der Waals surface area contributed by atoms with Crippen molar-refractivity contribution in [1.29, 1.82) is 0 Å². The first kappa shape index (κ1) is 14.7. The Balaban J connectivity index is 1.63. The van der Waals surface area contributed by atoms with Gasteiger partial charge in [-0.05, 0) is 23.3 Å². The number of nitrogens with zero attached hydrogens (tertiary/aromatic N) is 2. The summed E-state index contributed by atoms with van der Waals surface area (Å²) in [4.78, 5) is 14.9. The first-order valence-corrected chi connectivity index (χ1v) is 6.81. The second-order valence-corrected chi connectivity index (χ2v) is 4.64. The van der Waals surface area contributed by atoms with Crippen LogP contribution in [0.25, 0.3) is 11.1 Å². The molecule has 7 nitrogen and oxygen atoms in total. The largest absolute Gasteiger partial charge is 0.485 e. The maximum Gasteiger partial charge on any atom is 0.333 e. The van der Waals surface area contributed by atoms with E-state index in [-0.39, 0.29) is 18.3 Å². The highest BCUT2D eigenvalue weighted by Crippen LogP contribution is 2.22. The summed E-state index contributed by atoms with van der Waals surface area (Å²) >= 11 is 0. The van der Waals surface area contributed by atoms with Gasteiger partial charge < -0.3 is 9.26 Å². The average Bonchev–Trinajstić information content (AvgIpc) is 3.09. The van der Waals surface area contributed by atoms with Gasteiger partial charge in [-0.15, -0.1) is 0 Å². The van der Waals surface area contributed by atoms with Gasteiger partial charge in [0.05, 0.1) is 0 Å². The van der Waals surface area contributed by atoms with E-state index in [9.17, 15) is 4.79 Å². The summed E-state index contributed by atoms with van der Waals surface area (Å²) in [5.74, 6) is -0.347. The van der Waals surface area contributed by atoms with Crippen molar-refractivity contribution < 1.29 is 19.3 Å². The lowest BCUT2D eigenvalue weighted by Crippen LogP contribution is -2.18. The average molecular weight is 311 g/mol. The third kappa shape index (κ3) is 3.53. The molecule has 3 aromatic rings. The van der Waals surface area contributed by atoms with Crippen molar-refractivity contribution in [3.8, 4) is 16.9 Å². The summed E-state index contributed by atoms with van der Waals surface area (Å²) in [7, 11) is 0. The molecule has 0 radical (unpaired) electrons. The molecule has 116 valence electrons. The van der Waals surface area contributed by atoms with Gasteiger partial charge in [-0.3, -0.25) is 10.0 Å². The highest BCUT2D eigenvalue weighted by atomic mass is 16.5. The predicted molar refractivity (Wildman–Crippen MR) is 79.8 cm³/mol. The molecule has 0 aliphatic rings. The molecular weight excluding hydrogens is 298 g/mol. The zero-order valence-electron chi connectivity index (χ0n) is 12.0. The first-order valence-electron chi connectivity index (χ1n) is 6.81. The Hall–Kier alpha value is -3.19. The van der Waals surface area contributed by atoms with Crippen molar-refractivity contribution in [3.05, 3.63) is 66.3 Å². The summed E-state index contributed by atoms with van der Waals surface area (Å²) in [5, 5.41) is 12.0. The summed E-state index contributed by atoms with van der Waals surface area (Å²) in [5.41, 5.74) is 3.62. The third-order valence-corrected chi connectivity index (χ3v) is 3.09. The summed E-state index contributed by atoms with van der Waals surface area (Å²) < 4.78 is 10.2. The first-order chi connectivity index (χ1) is 11.3. The number of hydrogen-bond donors (Lipinski definition) is 2. The molecule has 0 saturated heterocycles. The maximum absolute atomic E-state index is 11.1. The Morgan fingerprint density at radius 2 is 1.78 bits per heavy atom. The molecule has 2 aromatic carbocycles. The SMILES string of the molecule is O=C(NO)c1nc(COc2ccc(-c3ccccc3)cc2)no1. The highest BCUT2D eigenvalue weighted by Gasteiger charge is 2.14. The molecule has 0 fully saturated rings. The van der Waals surface area contributed by atoms with E-state index in [4.69, 9.17) is 9.94 Å². The molecular formula is C16H13N3O4. The van der Waals surface area contributed by atoms with Gasteiger partial charge in [0.1, 0.15) is 5.75 Å². The quantitative estimate of drug-likeness (QED) is 0.555. The zero-order chi connectivity index (χ0) is 16.1. The van der Waals surface area contributed by atoms with Crippen LogP contribution in [0.3, 0.4) is 0 Å². The number of carbonyl (C=O) groups is 1. The molecule has 0 spiro atoms.